The quantitative estimate of drug-likeness (QED) is 0.577. The molecule has 0 amide bonds. The van der Waals surface area contributed by atoms with Crippen LogP contribution in [0.25, 0.3) is 0 Å². The van der Waals surface area contributed by atoms with E-state index in [-0.39, 0.29) is 0 Å². The van der Waals surface area contributed by atoms with Crippen molar-refractivity contribution in [2.75, 3.05) is 13.1 Å². The lowest BCUT2D eigenvalue weighted by Gasteiger charge is -2.40. The number of hydrogen-bond donors (Lipinski definition) is 1. The van der Waals surface area contributed by atoms with Crippen molar-refractivity contribution in [2.24, 2.45) is 17.6 Å². The van der Waals surface area contributed by atoms with Gasteiger partial charge in [0.15, 0.2) is 0 Å². The van der Waals surface area contributed by atoms with Crippen LogP contribution in [0.3, 0.4) is 0 Å². The van der Waals surface area contributed by atoms with Crippen LogP contribution in [0.1, 0.15) is 25.7 Å². The highest BCUT2D eigenvalue weighted by Crippen LogP contribution is 2.44. The number of piperidine rings is 1. The zero-order chi connectivity index (χ0) is 8.13. The monoisotopic (exact) mass is 166 g/mol. The fourth-order valence-corrected chi connectivity index (χ4v) is 3.76. The summed E-state index contributed by atoms with van der Waals surface area (Å²) in [4.78, 5) is 2.66. The van der Waals surface area contributed by atoms with Gasteiger partial charge in [0.1, 0.15) is 0 Å². The van der Waals surface area contributed by atoms with Crippen LogP contribution in [0.4, 0.5) is 0 Å². The summed E-state index contributed by atoms with van der Waals surface area (Å²) in [5, 5.41) is 0. The van der Waals surface area contributed by atoms with E-state index in [1.807, 2.05) is 0 Å². The Kier molecular flexibility index (Phi) is 1.50. The molecule has 3 fully saturated rings. The predicted octanol–water partition coefficient (Wildman–Crippen LogP) is 0.818. The summed E-state index contributed by atoms with van der Waals surface area (Å²) in [5.74, 6) is 1.99. The Bertz CT molecular complexity index is 192. The molecular formula is C10H18N2. The highest BCUT2D eigenvalue weighted by molar-refractivity contribution is 5.04. The van der Waals surface area contributed by atoms with Crippen LogP contribution in [0.15, 0.2) is 0 Å². The average Bonchev–Trinajstić information content (AvgIpc) is 2.24. The van der Waals surface area contributed by atoms with E-state index in [2.05, 4.69) is 4.90 Å². The fourth-order valence-electron chi connectivity index (χ4n) is 3.76. The third kappa shape index (κ3) is 0.826. The van der Waals surface area contributed by atoms with Crippen LogP contribution < -0.4 is 5.73 Å². The van der Waals surface area contributed by atoms with Crippen LogP contribution in [0.2, 0.25) is 0 Å². The van der Waals surface area contributed by atoms with E-state index >= 15 is 0 Å². The molecule has 2 heterocycles. The molecule has 5 unspecified atom stereocenters. The van der Waals surface area contributed by atoms with Gasteiger partial charge in [-0.1, -0.05) is 0 Å². The molecule has 2 saturated heterocycles. The second-order valence-corrected chi connectivity index (χ2v) is 4.79. The first-order chi connectivity index (χ1) is 5.86. The van der Waals surface area contributed by atoms with Crippen molar-refractivity contribution in [2.45, 2.75) is 37.8 Å². The molecule has 68 valence electrons. The van der Waals surface area contributed by atoms with E-state index in [1.54, 1.807) is 0 Å². The molecule has 3 aliphatic rings. The Morgan fingerprint density at radius 2 is 2.08 bits per heavy atom. The molecule has 2 heteroatoms. The fraction of sp³-hybridized carbons (Fsp3) is 1.00. The molecule has 4 bridgehead atoms. The molecule has 2 aliphatic heterocycles. The van der Waals surface area contributed by atoms with Gasteiger partial charge in [-0.2, -0.15) is 0 Å². The summed E-state index contributed by atoms with van der Waals surface area (Å²) in [6, 6.07) is 1.27. The van der Waals surface area contributed by atoms with Gasteiger partial charge in [0.25, 0.3) is 0 Å². The highest BCUT2D eigenvalue weighted by atomic mass is 15.2. The first-order valence-corrected chi connectivity index (χ1v) is 5.36. The summed E-state index contributed by atoms with van der Waals surface area (Å²) >= 11 is 0. The van der Waals surface area contributed by atoms with Crippen molar-refractivity contribution in [3.8, 4) is 0 Å². The molecule has 0 aromatic rings. The maximum absolute atomic E-state index is 6.16. The Labute approximate surface area is 74.1 Å². The number of nitrogens with two attached hydrogens (primary N) is 1. The molecule has 0 radical (unpaired) electrons. The zero-order valence-electron chi connectivity index (χ0n) is 7.58. The minimum Gasteiger partial charge on any atom is -0.326 e. The molecule has 1 aliphatic carbocycles. The minimum atomic E-state index is 0.494. The SMILES string of the molecule is NC1CCC2CN3CCCC2C13. The number of rotatable bonds is 0. The van der Waals surface area contributed by atoms with Crippen molar-refractivity contribution < 1.29 is 0 Å². The third-order valence-corrected chi connectivity index (χ3v) is 4.23. The van der Waals surface area contributed by atoms with Crippen molar-refractivity contribution in [3.05, 3.63) is 0 Å². The second kappa shape index (κ2) is 2.46. The first kappa shape index (κ1) is 7.34. The summed E-state index contributed by atoms with van der Waals surface area (Å²) in [7, 11) is 0. The van der Waals surface area contributed by atoms with E-state index in [4.69, 9.17) is 5.73 Å². The Morgan fingerprint density at radius 3 is 2.92 bits per heavy atom. The molecular weight excluding hydrogens is 148 g/mol. The van der Waals surface area contributed by atoms with Gasteiger partial charge in [0.2, 0.25) is 0 Å². The molecule has 0 aromatic carbocycles. The van der Waals surface area contributed by atoms with Gasteiger partial charge >= 0.3 is 0 Å². The van der Waals surface area contributed by atoms with Crippen LogP contribution in [0.5, 0.6) is 0 Å². The first-order valence-electron chi connectivity index (χ1n) is 5.36. The summed E-state index contributed by atoms with van der Waals surface area (Å²) < 4.78 is 0. The summed E-state index contributed by atoms with van der Waals surface area (Å²) in [6.45, 7) is 2.69. The van der Waals surface area contributed by atoms with Crippen molar-refractivity contribution >= 4 is 0 Å². The van der Waals surface area contributed by atoms with Crippen molar-refractivity contribution in [1.29, 1.82) is 0 Å². The smallest absolute Gasteiger partial charge is 0.0278 e. The Hall–Kier alpha value is -0.0800. The normalized spacial score (nSPS) is 57.2. The lowest BCUT2D eigenvalue weighted by atomic mass is 9.74. The highest BCUT2D eigenvalue weighted by Gasteiger charge is 2.48. The molecule has 0 spiro atoms. The van der Waals surface area contributed by atoms with Gasteiger partial charge in [-0.05, 0) is 44.1 Å². The van der Waals surface area contributed by atoms with E-state index in [0.29, 0.717) is 6.04 Å². The van der Waals surface area contributed by atoms with Gasteiger partial charge in [0.05, 0.1) is 0 Å². The van der Waals surface area contributed by atoms with Gasteiger partial charge in [-0.25, -0.2) is 0 Å². The van der Waals surface area contributed by atoms with Crippen LogP contribution >= 0.6 is 0 Å². The number of hydrogen-bond acceptors (Lipinski definition) is 2. The van der Waals surface area contributed by atoms with Crippen molar-refractivity contribution in [1.82, 2.24) is 4.90 Å². The van der Waals surface area contributed by atoms with Gasteiger partial charge in [-0.15, -0.1) is 0 Å². The summed E-state index contributed by atoms with van der Waals surface area (Å²) in [5.41, 5.74) is 6.16. The molecule has 1 saturated carbocycles. The van der Waals surface area contributed by atoms with Crippen molar-refractivity contribution in [3.63, 3.8) is 0 Å². The minimum absolute atomic E-state index is 0.494. The molecule has 2 nitrogen and oxygen atoms in total. The Balaban J connectivity index is 1.92. The van der Waals surface area contributed by atoms with Crippen LogP contribution in [-0.4, -0.2) is 30.1 Å². The number of nitrogens with zero attached hydrogens (tertiary/aromatic N) is 1. The van der Waals surface area contributed by atoms with E-state index in [0.717, 1.165) is 17.9 Å². The molecule has 5 atom stereocenters. The third-order valence-electron chi connectivity index (χ3n) is 4.23. The zero-order valence-corrected chi connectivity index (χ0v) is 7.58. The lowest BCUT2D eigenvalue weighted by Crippen LogP contribution is -2.51. The maximum Gasteiger partial charge on any atom is 0.0278 e. The lowest BCUT2D eigenvalue weighted by molar-refractivity contribution is 0.126. The predicted molar refractivity (Wildman–Crippen MR) is 48.8 cm³/mol. The van der Waals surface area contributed by atoms with Gasteiger partial charge < -0.3 is 5.73 Å². The van der Waals surface area contributed by atoms with Gasteiger partial charge in [-0.3, -0.25) is 4.90 Å². The van der Waals surface area contributed by atoms with Crippen LogP contribution in [0, 0.1) is 11.8 Å². The van der Waals surface area contributed by atoms with Gasteiger partial charge in [0, 0.05) is 18.6 Å². The summed E-state index contributed by atoms with van der Waals surface area (Å²) in [6.07, 6.45) is 5.56. The van der Waals surface area contributed by atoms with E-state index in [1.165, 1.54) is 38.8 Å². The molecule has 12 heavy (non-hydrogen) atoms. The largest absolute Gasteiger partial charge is 0.326 e. The standard InChI is InChI=1S/C10H18N2/c11-9-4-3-7-6-12-5-1-2-8(7)10(9)12/h7-10H,1-6,11H2. The maximum atomic E-state index is 6.16. The second-order valence-electron chi connectivity index (χ2n) is 4.79. The molecule has 2 N–H and O–H groups in total. The topological polar surface area (TPSA) is 29.3 Å². The molecule has 3 rings (SSSR count). The van der Waals surface area contributed by atoms with Crippen LogP contribution in [-0.2, 0) is 0 Å². The van der Waals surface area contributed by atoms with E-state index < -0.39 is 0 Å². The molecule has 0 aromatic heterocycles. The Morgan fingerprint density at radius 1 is 1.17 bits per heavy atom. The van der Waals surface area contributed by atoms with E-state index in [9.17, 15) is 0 Å². The average molecular weight is 166 g/mol.